The van der Waals surface area contributed by atoms with Gasteiger partial charge < -0.3 is 4.85 Å². The van der Waals surface area contributed by atoms with Crippen molar-refractivity contribution >= 4 is 21.7 Å². The Morgan fingerprint density at radius 1 is 1.56 bits per heavy atom. The number of hydrogen-bond acceptors (Lipinski definition) is 1. The lowest BCUT2D eigenvalue weighted by molar-refractivity contribution is 1.33. The van der Waals surface area contributed by atoms with E-state index in [1.54, 1.807) is 18.3 Å². The molecule has 0 spiro atoms. The quantitative estimate of drug-likeness (QED) is 0.564. The van der Waals surface area contributed by atoms with Gasteiger partial charge in [-0.25, -0.2) is 0 Å². The van der Waals surface area contributed by atoms with E-state index in [1.165, 1.54) is 0 Å². The molecular weight excluding hydrogens is 180 g/mol. The summed E-state index contributed by atoms with van der Waals surface area (Å²) in [5.41, 5.74) is 0. The summed E-state index contributed by atoms with van der Waals surface area (Å²) in [7, 11) is 0. The number of nitrogens with zero attached hydrogens (tertiary/aromatic N) is 2. The van der Waals surface area contributed by atoms with Gasteiger partial charge in [-0.15, -0.1) is 4.98 Å². The van der Waals surface area contributed by atoms with Crippen LogP contribution in [0.1, 0.15) is 0 Å². The Bertz CT molecular complexity index is 234. The van der Waals surface area contributed by atoms with E-state index >= 15 is 0 Å². The molecule has 0 fully saturated rings. The molecule has 0 N–H and O–H groups in total. The predicted molar refractivity (Wildman–Crippen MR) is 38.2 cm³/mol. The van der Waals surface area contributed by atoms with Gasteiger partial charge in [0.2, 0.25) is 0 Å². The number of hydrogen-bond donors (Lipinski definition) is 0. The molecule has 1 heterocycles. The Balaban J connectivity index is 3.06. The fourth-order valence-electron chi connectivity index (χ4n) is 0.434. The van der Waals surface area contributed by atoms with Crippen molar-refractivity contribution in [2.45, 2.75) is 0 Å². The molecule has 0 bridgehead atoms. The molecule has 44 valence electrons. The van der Waals surface area contributed by atoms with Crippen LogP contribution >= 0.6 is 15.9 Å². The molecule has 0 atom stereocenters. The van der Waals surface area contributed by atoms with Crippen molar-refractivity contribution in [3.8, 4) is 0 Å². The Morgan fingerprint density at radius 2 is 2.33 bits per heavy atom. The van der Waals surface area contributed by atoms with E-state index in [1.807, 2.05) is 0 Å². The number of rotatable bonds is 0. The third kappa shape index (κ3) is 1.51. The maximum atomic E-state index is 6.56. The lowest BCUT2D eigenvalue weighted by atomic mass is 10.5. The second-order valence-electron chi connectivity index (χ2n) is 1.45. The third-order valence-electron chi connectivity index (χ3n) is 0.826. The highest BCUT2D eigenvalue weighted by atomic mass is 79.9. The minimum atomic E-state index is 0.429. The first-order valence-electron chi connectivity index (χ1n) is 2.32. The lowest BCUT2D eigenvalue weighted by Crippen LogP contribution is -1.68. The van der Waals surface area contributed by atoms with Gasteiger partial charge in [-0.2, -0.15) is 0 Å². The second kappa shape index (κ2) is 2.60. The lowest BCUT2D eigenvalue weighted by Gasteiger charge is -1.84. The maximum absolute atomic E-state index is 6.56. The minimum Gasteiger partial charge on any atom is -0.361 e. The van der Waals surface area contributed by atoms with Gasteiger partial charge in [0.25, 0.3) is 5.82 Å². The van der Waals surface area contributed by atoms with Gasteiger partial charge in [0.1, 0.15) is 6.20 Å². The van der Waals surface area contributed by atoms with Gasteiger partial charge >= 0.3 is 0 Å². The molecular formula is C6H3BrN2. The van der Waals surface area contributed by atoms with E-state index in [0.29, 0.717) is 5.82 Å². The molecule has 0 saturated heterocycles. The first kappa shape index (κ1) is 6.24. The first-order chi connectivity index (χ1) is 4.33. The third-order valence-corrected chi connectivity index (χ3v) is 1.30. The molecule has 2 nitrogen and oxygen atoms in total. The van der Waals surface area contributed by atoms with Crippen LogP contribution < -0.4 is 0 Å². The summed E-state index contributed by atoms with van der Waals surface area (Å²) in [5.74, 6) is 0.429. The Labute approximate surface area is 61.5 Å². The van der Waals surface area contributed by atoms with Crippen LogP contribution in [0.3, 0.4) is 0 Å². The fourth-order valence-corrected chi connectivity index (χ4v) is 0.669. The predicted octanol–water partition coefficient (Wildman–Crippen LogP) is 2.39. The van der Waals surface area contributed by atoms with Crippen LogP contribution in [0.5, 0.6) is 0 Å². The Kier molecular flexibility index (Phi) is 1.81. The molecule has 0 saturated carbocycles. The number of aromatic nitrogens is 1. The molecule has 1 aromatic rings. The summed E-state index contributed by atoms with van der Waals surface area (Å²) in [6.07, 6.45) is 1.60. The largest absolute Gasteiger partial charge is 0.361 e. The van der Waals surface area contributed by atoms with Crippen molar-refractivity contribution in [2.75, 3.05) is 0 Å². The van der Waals surface area contributed by atoms with Crippen LogP contribution in [0.15, 0.2) is 22.8 Å². The van der Waals surface area contributed by atoms with E-state index in [4.69, 9.17) is 6.57 Å². The summed E-state index contributed by atoms with van der Waals surface area (Å²) in [4.78, 5) is 6.93. The van der Waals surface area contributed by atoms with Crippen LogP contribution in [0.25, 0.3) is 4.85 Å². The monoisotopic (exact) mass is 182 g/mol. The van der Waals surface area contributed by atoms with Gasteiger partial charge in [0.15, 0.2) is 0 Å². The van der Waals surface area contributed by atoms with Gasteiger partial charge in [0, 0.05) is 0 Å². The zero-order chi connectivity index (χ0) is 6.69. The number of halogens is 1. The summed E-state index contributed by atoms with van der Waals surface area (Å²) in [6, 6.07) is 3.46. The summed E-state index contributed by atoms with van der Waals surface area (Å²) < 4.78 is 0.898. The van der Waals surface area contributed by atoms with E-state index < -0.39 is 0 Å². The zero-order valence-electron chi connectivity index (χ0n) is 4.50. The summed E-state index contributed by atoms with van der Waals surface area (Å²) >= 11 is 3.21. The average molecular weight is 183 g/mol. The molecule has 1 aromatic heterocycles. The molecule has 1 rings (SSSR count). The standard InChI is InChI=1S/C6H3BrN2/c1-8-6-3-2-5(7)4-9-6/h2-4H. The van der Waals surface area contributed by atoms with Crippen molar-refractivity contribution in [3.63, 3.8) is 0 Å². The summed E-state index contributed by atoms with van der Waals surface area (Å²) in [6.45, 7) is 6.56. The molecule has 0 unspecified atom stereocenters. The Hall–Kier alpha value is -0.880. The van der Waals surface area contributed by atoms with Gasteiger partial charge in [0.05, 0.1) is 4.47 Å². The SMILES string of the molecule is [C-]#[N+]c1ccc(Br)cn1. The van der Waals surface area contributed by atoms with Crippen LogP contribution in [-0.4, -0.2) is 4.98 Å². The van der Waals surface area contributed by atoms with Crippen molar-refractivity contribution in [3.05, 3.63) is 34.2 Å². The van der Waals surface area contributed by atoms with Gasteiger partial charge in [-0.05, 0) is 22.0 Å². The fraction of sp³-hybridized carbons (Fsp3) is 0. The molecule has 0 aliphatic rings. The van der Waals surface area contributed by atoms with Crippen LogP contribution in [0.4, 0.5) is 5.82 Å². The van der Waals surface area contributed by atoms with Crippen molar-refractivity contribution < 1.29 is 0 Å². The van der Waals surface area contributed by atoms with E-state index in [9.17, 15) is 0 Å². The normalized spacial score (nSPS) is 8.44. The molecule has 0 aliphatic carbocycles. The van der Waals surface area contributed by atoms with E-state index in [2.05, 4.69) is 25.8 Å². The van der Waals surface area contributed by atoms with Crippen LogP contribution in [-0.2, 0) is 0 Å². The highest BCUT2D eigenvalue weighted by Crippen LogP contribution is 2.11. The van der Waals surface area contributed by atoms with E-state index in [-0.39, 0.29) is 0 Å². The molecule has 9 heavy (non-hydrogen) atoms. The number of pyridine rings is 1. The molecule has 0 aliphatic heterocycles. The van der Waals surface area contributed by atoms with E-state index in [0.717, 1.165) is 4.47 Å². The Morgan fingerprint density at radius 3 is 2.78 bits per heavy atom. The molecule has 0 aromatic carbocycles. The topological polar surface area (TPSA) is 17.2 Å². The highest BCUT2D eigenvalue weighted by molar-refractivity contribution is 9.10. The molecule has 0 radical (unpaired) electrons. The average Bonchev–Trinajstić information content (AvgIpc) is 1.90. The maximum Gasteiger partial charge on any atom is 0.269 e. The van der Waals surface area contributed by atoms with Crippen molar-refractivity contribution in [1.82, 2.24) is 4.98 Å². The first-order valence-corrected chi connectivity index (χ1v) is 3.11. The second-order valence-corrected chi connectivity index (χ2v) is 2.36. The highest BCUT2D eigenvalue weighted by Gasteiger charge is 1.89. The van der Waals surface area contributed by atoms with Crippen LogP contribution in [0.2, 0.25) is 0 Å². The molecule has 0 amide bonds. The zero-order valence-corrected chi connectivity index (χ0v) is 6.09. The van der Waals surface area contributed by atoms with Crippen molar-refractivity contribution in [2.24, 2.45) is 0 Å². The van der Waals surface area contributed by atoms with Gasteiger partial charge in [-0.1, -0.05) is 12.6 Å². The smallest absolute Gasteiger partial charge is 0.269 e. The van der Waals surface area contributed by atoms with Gasteiger partial charge in [-0.3, -0.25) is 0 Å². The molecule has 3 heteroatoms. The summed E-state index contributed by atoms with van der Waals surface area (Å²) in [5, 5.41) is 0. The van der Waals surface area contributed by atoms with Crippen molar-refractivity contribution in [1.29, 1.82) is 0 Å². The minimum absolute atomic E-state index is 0.429. The van der Waals surface area contributed by atoms with Crippen LogP contribution in [0, 0.1) is 6.57 Å².